The van der Waals surface area contributed by atoms with Gasteiger partial charge in [0, 0.05) is 12.7 Å². The van der Waals surface area contributed by atoms with Gasteiger partial charge in [-0.3, -0.25) is 4.74 Å². The van der Waals surface area contributed by atoms with Crippen LogP contribution in [0.25, 0.3) is 0 Å². The lowest BCUT2D eigenvalue weighted by molar-refractivity contribution is -0.451. The quantitative estimate of drug-likeness (QED) is 0.103. The summed E-state index contributed by atoms with van der Waals surface area (Å²) in [5, 5.41) is 0. The summed E-state index contributed by atoms with van der Waals surface area (Å²) in [7, 11) is -0.650. The molecule has 0 aromatic rings. The van der Waals surface area contributed by atoms with Gasteiger partial charge in [-0.2, -0.15) is 39.5 Å². The van der Waals surface area contributed by atoms with Gasteiger partial charge in [-0.25, -0.2) is 32.8 Å². The molecule has 1 unspecified atom stereocenters. The van der Waals surface area contributed by atoms with Crippen LogP contribution in [0.1, 0.15) is 6.42 Å². The van der Waals surface area contributed by atoms with Gasteiger partial charge in [-0.05, 0) is 6.42 Å². The van der Waals surface area contributed by atoms with E-state index in [2.05, 4.69) is 24.1 Å². The Morgan fingerprint density at radius 1 is 0.774 bits per heavy atom. The third kappa shape index (κ3) is 8.57. The van der Waals surface area contributed by atoms with E-state index in [4.69, 9.17) is 13.7 Å². The molecule has 0 aromatic heterocycles. The van der Waals surface area contributed by atoms with Crippen molar-refractivity contribution in [2.45, 2.75) is 43.0 Å². The second-order valence-electron chi connectivity index (χ2n) is 5.37. The molecule has 0 rings (SSSR count). The third-order valence-electron chi connectivity index (χ3n) is 3.00. The SMILES string of the molecule is COO[Si](CCCOCC(F)(F)C(F)OC(F)(F)C(F)(F)C(F)(F)F)(OOC)OOC. The molecule has 0 N–H and O–H groups in total. The van der Waals surface area contributed by atoms with Crippen molar-refractivity contribution in [3.63, 3.8) is 0 Å². The van der Waals surface area contributed by atoms with E-state index in [1.807, 2.05) is 0 Å². The average Bonchev–Trinajstić information content (AvgIpc) is 2.60. The van der Waals surface area contributed by atoms with Crippen LogP contribution in [0.15, 0.2) is 0 Å². The van der Waals surface area contributed by atoms with Crippen LogP contribution < -0.4 is 0 Å². The summed E-state index contributed by atoms with van der Waals surface area (Å²) < 4.78 is 148. The normalized spacial score (nSPS) is 15.4. The van der Waals surface area contributed by atoms with Crippen LogP contribution in [0.4, 0.5) is 43.9 Å². The molecule has 0 amide bonds. The monoisotopic (exact) mass is 508 g/mol. The standard InChI is InChI=1S/C12H18F10O8Si/c1-23-28-31(29-24-2,30-25-3)6-4-5-26-7-9(14,15)8(13)27-12(21,22)10(16,17)11(18,19)20/h8H,4-7H2,1-3H3. The maximum atomic E-state index is 13.4. The smallest absolute Gasteiger partial charge is 0.375 e. The van der Waals surface area contributed by atoms with Gasteiger partial charge in [0.05, 0.1) is 21.3 Å². The van der Waals surface area contributed by atoms with Gasteiger partial charge in [0.25, 0.3) is 6.36 Å². The Labute approximate surface area is 169 Å². The third-order valence-corrected chi connectivity index (χ3v) is 5.23. The molecule has 0 spiro atoms. The number of hydrogen-bond acceptors (Lipinski definition) is 8. The fourth-order valence-electron chi connectivity index (χ4n) is 1.67. The van der Waals surface area contributed by atoms with E-state index in [1.165, 1.54) is 0 Å². The Morgan fingerprint density at radius 3 is 1.61 bits per heavy atom. The highest BCUT2D eigenvalue weighted by molar-refractivity contribution is 6.59. The van der Waals surface area contributed by atoms with E-state index < -0.39 is 52.5 Å². The largest absolute Gasteiger partial charge is 0.584 e. The number of rotatable bonds is 16. The summed E-state index contributed by atoms with van der Waals surface area (Å²) in [4.78, 5) is 13.1. The van der Waals surface area contributed by atoms with Gasteiger partial charge < -0.3 is 4.74 Å². The minimum Gasteiger partial charge on any atom is -0.375 e. The molecule has 31 heavy (non-hydrogen) atoms. The predicted molar refractivity (Wildman–Crippen MR) is 77.2 cm³/mol. The fraction of sp³-hybridized carbons (Fsp3) is 1.00. The van der Waals surface area contributed by atoms with Crippen molar-refractivity contribution in [1.29, 1.82) is 0 Å². The lowest BCUT2D eigenvalue weighted by Gasteiger charge is -2.30. The van der Waals surface area contributed by atoms with Gasteiger partial charge in [-0.1, -0.05) is 0 Å². The van der Waals surface area contributed by atoms with Gasteiger partial charge >= 0.3 is 32.9 Å². The highest BCUT2D eigenvalue weighted by atomic mass is 28.4. The van der Waals surface area contributed by atoms with E-state index in [1.54, 1.807) is 0 Å². The number of ether oxygens (including phenoxy) is 2. The van der Waals surface area contributed by atoms with Crippen LogP contribution in [0.3, 0.4) is 0 Å². The van der Waals surface area contributed by atoms with Crippen molar-refractivity contribution >= 4 is 8.80 Å². The first kappa shape index (κ1) is 30.2. The van der Waals surface area contributed by atoms with Crippen molar-refractivity contribution in [2.24, 2.45) is 0 Å². The summed E-state index contributed by atoms with van der Waals surface area (Å²) in [5.41, 5.74) is 0. The average molecular weight is 508 g/mol. The topological polar surface area (TPSA) is 73.8 Å². The van der Waals surface area contributed by atoms with Crippen molar-refractivity contribution in [3.05, 3.63) is 0 Å². The van der Waals surface area contributed by atoms with E-state index in [0.29, 0.717) is 0 Å². The van der Waals surface area contributed by atoms with Crippen LogP contribution in [0.2, 0.25) is 6.04 Å². The molecule has 0 radical (unpaired) electrons. The maximum Gasteiger partial charge on any atom is 0.584 e. The van der Waals surface area contributed by atoms with Gasteiger partial charge in [0.1, 0.15) is 6.61 Å². The first-order valence-electron chi connectivity index (χ1n) is 7.77. The van der Waals surface area contributed by atoms with Gasteiger partial charge in [-0.15, -0.1) is 0 Å². The highest BCUT2D eigenvalue weighted by Crippen LogP contribution is 2.48. The predicted octanol–water partition coefficient (Wildman–Crippen LogP) is 3.80. The van der Waals surface area contributed by atoms with Crippen molar-refractivity contribution in [2.75, 3.05) is 34.5 Å². The molecule has 0 saturated carbocycles. The first-order valence-corrected chi connectivity index (χ1v) is 9.70. The van der Waals surface area contributed by atoms with E-state index in [-0.39, 0.29) is 12.5 Å². The molecule has 0 aliphatic heterocycles. The Morgan fingerprint density at radius 2 is 1.23 bits per heavy atom. The molecule has 1 atom stereocenters. The zero-order valence-corrected chi connectivity index (χ0v) is 17.0. The van der Waals surface area contributed by atoms with Gasteiger partial charge in [0.2, 0.25) is 0 Å². The molecule has 8 nitrogen and oxygen atoms in total. The van der Waals surface area contributed by atoms with Gasteiger partial charge in [0.15, 0.2) is 0 Å². The molecule has 0 aliphatic carbocycles. The molecule has 0 aliphatic rings. The summed E-state index contributed by atoms with van der Waals surface area (Å²) in [5.74, 6) is -12.0. The molecule has 188 valence electrons. The number of alkyl halides is 10. The van der Waals surface area contributed by atoms with E-state index >= 15 is 0 Å². The highest BCUT2D eigenvalue weighted by Gasteiger charge is 2.75. The zero-order chi connectivity index (χ0) is 24.6. The summed E-state index contributed by atoms with van der Waals surface area (Å²) in [6.07, 6.45) is -18.3. The fourth-order valence-corrected chi connectivity index (χ4v) is 3.34. The second-order valence-corrected chi connectivity index (χ2v) is 7.74. The van der Waals surface area contributed by atoms with Crippen molar-refractivity contribution in [3.8, 4) is 0 Å². The van der Waals surface area contributed by atoms with Crippen molar-refractivity contribution < 1.29 is 81.8 Å². The number of halogens is 10. The lowest BCUT2D eigenvalue weighted by atomic mass is 10.3. The maximum absolute atomic E-state index is 13.4. The molecule has 0 fully saturated rings. The molecule has 19 heteroatoms. The number of hydrogen-bond donors (Lipinski definition) is 0. The summed E-state index contributed by atoms with van der Waals surface area (Å²) in [6.45, 7) is -2.68. The Kier molecular flexibility index (Phi) is 11.6. The Balaban J connectivity index is 4.80. The molecular formula is C12H18F10O8Si. The van der Waals surface area contributed by atoms with Crippen molar-refractivity contribution in [1.82, 2.24) is 0 Å². The Hall–Kier alpha value is -0.803. The van der Waals surface area contributed by atoms with Crippen LogP contribution >= 0.6 is 0 Å². The minimum atomic E-state index is -6.93. The molecule has 0 bridgehead atoms. The van der Waals surface area contributed by atoms with E-state index in [9.17, 15) is 43.9 Å². The van der Waals surface area contributed by atoms with E-state index in [0.717, 1.165) is 21.3 Å². The molecular weight excluding hydrogens is 490 g/mol. The minimum absolute atomic E-state index is 0.251. The van der Waals surface area contributed by atoms with Crippen LogP contribution in [-0.2, 0) is 37.9 Å². The summed E-state index contributed by atoms with van der Waals surface area (Å²) >= 11 is 0. The first-order chi connectivity index (χ1) is 14.0. The van der Waals surface area contributed by atoms with Crippen LogP contribution in [0, 0.1) is 0 Å². The molecule has 0 heterocycles. The van der Waals surface area contributed by atoms with Crippen LogP contribution in [-0.4, -0.2) is 73.8 Å². The molecule has 0 saturated heterocycles. The molecule has 0 aromatic carbocycles. The van der Waals surface area contributed by atoms with Crippen LogP contribution in [0.5, 0.6) is 0 Å². The second kappa shape index (κ2) is 11.9. The lowest BCUT2D eigenvalue weighted by Crippen LogP contribution is -2.56. The zero-order valence-electron chi connectivity index (χ0n) is 16.0. The Bertz CT molecular complexity index is 507. The summed E-state index contributed by atoms with van der Waals surface area (Å²) in [6, 6.07) is -0.278.